The second kappa shape index (κ2) is 4.75. The van der Waals surface area contributed by atoms with E-state index in [2.05, 4.69) is 22.3 Å². The van der Waals surface area contributed by atoms with Crippen LogP contribution in [0.15, 0.2) is 18.5 Å². The first-order chi connectivity index (χ1) is 8.13. The van der Waals surface area contributed by atoms with Gasteiger partial charge in [-0.1, -0.05) is 0 Å². The Morgan fingerprint density at radius 2 is 2.41 bits per heavy atom. The van der Waals surface area contributed by atoms with Gasteiger partial charge < -0.3 is 9.64 Å². The number of methoxy groups -OCH3 is 1. The Morgan fingerprint density at radius 3 is 3.00 bits per heavy atom. The van der Waals surface area contributed by atoms with Crippen LogP contribution in [0.4, 0.5) is 5.69 Å². The average molecular weight is 252 g/mol. The normalized spacial score (nSPS) is 19.5. The van der Waals surface area contributed by atoms with Crippen molar-refractivity contribution >= 4 is 30.2 Å². The smallest absolute Gasteiger partial charge is 0.341 e. The van der Waals surface area contributed by atoms with Crippen LogP contribution in [-0.4, -0.2) is 35.8 Å². The van der Waals surface area contributed by atoms with Gasteiger partial charge in [0.2, 0.25) is 5.91 Å². The lowest BCUT2D eigenvalue weighted by atomic mass is 10.2. The van der Waals surface area contributed by atoms with E-state index in [0.717, 1.165) is 0 Å². The molecule has 17 heavy (non-hydrogen) atoms. The van der Waals surface area contributed by atoms with Crippen molar-refractivity contribution in [2.75, 3.05) is 18.6 Å². The van der Waals surface area contributed by atoms with E-state index in [-0.39, 0.29) is 11.2 Å². The molecule has 1 atom stereocenters. The molecule has 1 fully saturated rings. The molecule has 5 nitrogen and oxygen atoms in total. The molecule has 1 amide bonds. The molecule has 90 valence electrons. The van der Waals surface area contributed by atoms with Gasteiger partial charge in [-0.05, 0) is 6.07 Å². The quantitative estimate of drug-likeness (QED) is 0.627. The summed E-state index contributed by atoms with van der Waals surface area (Å²) in [5.41, 5.74) is 0.833. The molecule has 1 unspecified atom stereocenters. The summed E-state index contributed by atoms with van der Waals surface area (Å²) in [6.07, 6.45) is 3.33. The summed E-state index contributed by atoms with van der Waals surface area (Å²) in [6, 6.07) is 1.63. The SMILES string of the molecule is COC(=O)c1cnccc1N1CC(S)CC1=O. The van der Waals surface area contributed by atoms with Crippen LogP contribution in [0.2, 0.25) is 0 Å². The Labute approximate surface area is 104 Å². The Bertz CT molecular complexity index is 464. The molecule has 1 aromatic heterocycles. The molecule has 2 rings (SSSR count). The predicted octanol–water partition coefficient (Wildman–Crippen LogP) is 0.903. The van der Waals surface area contributed by atoms with E-state index in [1.807, 2.05) is 0 Å². The minimum atomic E-state index is -0.497. The van der Waals surface area contributed by atoms with Crippen LogP contribution in [0.3, 0.4) is 0 Å². The molecule has 0 bridgehead atoms. The minimum absolute atomic E-state index is 0.00108. The van der Waals surface area contributed by atoms with E-state index in [9.17, 15) is 9.59 Å². The molecule has 0 radical (unpaired) electrons. The lowest BCUT2D eigenvalue weighted by molar-refractivity contribution is -0.117. The van der Waals surface area contributed by atoms with Gasteiger partial charge in [0.15, 0.2) is 0 Å². The molecular formula is C11H12N2O3S. The first-order valence-electron chi connectivity index (χ1n) is 5.14. The van der Waals surface area contributed by atoms with Crippen LogP contribution in [0.25, 0.3) is 0 Å². The standard InChI is InChI=1S/C11H12N2O3S/c1-16-11(15)8-5-12-3-2-9(8)13-6-7(17)4-10(13)14/h2-3,5,7,17H,4,6H2,1H3. The van der Waals surface area contributed by atoms with Gasteiger partial charge in [0.25, 0.3) is 0 Å². The maximum Gasteiger partial charge on any atom is 0.341 e. The third kappa shape index (κ3) is 2.26. The molecule has 0 aliphatic carbocycles. The number of esters is 1. The number of rotatable bonds is 2. The molecule has 1 aliphatic rings. The largest absolute Gasteiger partial charge is 0.465 e. The molecule has 0 aromatic carbocycles. The molecule has 0 saturated carbocycles. The second-order valence-corrected chi connectivity index (χ2v) is 4.48. The molecule has 1 aliphatic heterocycles. The van der Waals surface area contributed by atoms with Crippen molar-refractivity contribution in [1.82, 2.24) is 4.98 Å². The van der Waals surface area contributed by atoms with Gasteiger partial charge in [0.05, 0.1) is 12.8 Å². The average Bonchev–Trinajstić information content (AvgIpc) is 2.67. The zero-order chi connectivity index (χ0) is 12.4. The lowest BCUT2D eigenvalue weighted by Gasteiger charge is -2.18. The monoisotopic (exact) mass is 252 g/mol. The zero-order valence-corrected chi connectivity index (χ0v) is 10.2. The highest BCUT2D eigenvalue weighted by atomic mass is 32.1. The van der Waals surface area contributed by atoms with E-state index in [4.69, 9.17) is 0 Å². The molecule has 1 saturated heterocycles. The maximum atomic E-state index is 11.8. The summed E-state index contributed by atoms with van der Waals surface area (Å²) >= 11 is 4.28. The van der Waals surface area contributed by atoms with E-state index < -0.39 is 5.97 Å². The summed E-state index contributed by atoms with van der Waals surface area (Å²) in [5.74, 6) is -0.537. The molecule has 1 aromatic rings. The van der Waals surface area contributed by atoms with E-state index in [0.29, 0.717) is 24.2 Å². The van der Waals surface area contributed by atoms with Crippen LogP contribution in [-0.2, 0) is 9.53 Å². The summed E-state index contributed by atoms with van der Waals surface area (Å²) in [4.78, 5) is 28.7. The number of carbonyl (C=O) groups excluding carboxylic acids is 2. The summed E-state index contributed by atoms with van der Waals surface area (Å²) in [7, 11) is 1.30. The number of thiol groups is 1. The number of nitrogens with zero attached hydrogens (tertiary/aromatic N) is 2. The highest BCUT2D eigenvalue weighted by Crippen LogP contribution is 2.27. The second-order valence-electron chi connectivity index (χ2n) is 3.75. The fourth-order valence-corrected chi connectivity index (χ4v) is 2.13. The van der Waals surface area contributed by atoms with Crippen LogP contribution in [0.1, 0.15) is 16.8 Å². The fraction of sp³-hybridized carbons (Fsp3) is 0.364. The summed E-state index contributed by atoms with van der Waals surface area (Å²) in [5, 5.41) is 0.00108. The lowest BCUT2D eigenvalue weighted by Crippen LogP contribution is -2.26. The van der Waals surface area contributed by atoms with Crippen LogP contribution in [0.5, 0.6) is 0 Å². The third-order valence-corrected chi connectivity index (χ3v) is 2.94. The number of amides is 1. The molecule has 0 spiro atoms. The van der Waals surface area contributed by atoms with Gasteiger partial charge in [-0.15, -0.1) is 0 Å². The van der Waals surface area contributed by atoms with Crippen LogP contribution in [0, 0.1) is 0 Å². The van der Waals surface area contributed by atoms with Crippen molar-refractivity contribution in [2.45, 2.75) is 11.7 Å². The Morgan fingerprint density at radius 1 is 1.65 bits per heavy atom. The third-order valence-electron chi connectivity index (χ3n) is 2.60. The Kier molecular flexibility index (Phi) is 3.33. The number of anilines is 1. The van der Waals surface area contributed by atoms with Crippen molar-refractivity contribution in [1.29, 1.82) is 0 Å². The first-order valence-corrected chi connectivity index (χ1v) is 5.66. The fourth-order valence-electron chi connectivity index (χ4n) is 1.81. The van der Waals surface area contributed by atoms with Crippen molar-refractivity contribution in [3.05, 3.63) is 24.0 Å². The van der Waals surface area contributed by atoms with Crippen LogP contribution < -0.4 is 4.90 Å². The summed E-state index contributed by atoms with van der Waals surface area (Å²) in [6.45, 7) is 0.496. The molecule has 6 heteroatoms. The number of ether oxygens (including phenoxy) is 1. The van der Waals surface area contributed by atoms with E-state index in [1.54, 1.807) is 17.2 Å². The molecule has 0 N–H and O–H groups in total. The number of carbonyl (C=O) groups is 2. The first kappa shape index (κ1) is 11.9. The van der Waals surface area contributed by atoms with Gasteiger partial charge in [-0.2, -0.15) is 12.6 Å². The minimum Gasteiger partial charge on any atom is -0.465 e. The van der Waals surface area contributed by atoms with Gasteiger partial charge in [-0.3, -0.25) is 9.78 Å². The number of hydrogen-bond acceptors (Lipinski definition) is 5. The van der Waals surface area contributed by atoms with Gasteiger partial charge in [0, 0.05) is 30.6 Å². The number of pyridine rings is 1. The highest BCUT2D eigenvalue weighted by Gasteiger charge is 2.31. The topological polar surface area (TPSA) is 59.5 Å². The van der Waals surface area contributed by atoms with E-state index >= 15 is 0 Å². The molecule has 2 heterocycles. The highest BCUT2D eigenvalue weighted by molar-refractivity contribution is 7.81. The van der Waals surface area contributed by atoms with Crippen LogP contribution >= 0.6 is 12.6 Å². The number of aromatic nitrogens is 1. The van der Waals surface area contributed by atoms with Gasteiger partial charge >= 0.3 is 5.97 Å². The maximum absolute atomic E-state index is 11.8. The summed E-state index contributed by atoms with van der Waals surface area (Å²) < 4.78 is 4.66. The van der Waals surface area contributed by atoms with Gasteiger partial charge in [-0.25, -0.2) is 4.79 Å². The van der Waals surface area contributed by atoms with Crippen molar-refractivity contribution in [3.8, 4) is 0 Å². The molecular weight excluding hydrogens is 240 g/mol. The Balaban J connectivity index is 2.38. The predicted molar refractivity (Wildman–Crippen MR) is 65.3 cm³/mol. The van der Waals surface area contributed by atoms with Gasteiger partial charge in [0.1, 0.15) is 5.56 Å². The zero-order valence-electron chi connectivity index (χ0n) is 9.29. The van der Waals surface area contributed by atoms with Crippen molar-refractivity contribution < 1.29 is 14.3 Å². The van der Waals surface area contributed by atoms with Crippen molar-refractivity contribution in [3.63, 3.8) is 0 Å². The van der Waals surface area contributed by atoms with Crippen molar-refractivity contribution in [2.24, 2.45) is 0 Å². The number of hydrogen-bond donors (Lipinski definition) is 1. The van der Waals surface area contributed by atoms with E-state index in [1.165, 1.54) is 13.3 Å². The Hall–Kier alpha value is -1.56.